The topological polar surface area (TPSA) is 134 Å². The number of rotatable bonds is 8. The quantitative estimate of drug-likeness (QED) is 0.472. The van der Waals surface area contributed by atoms with Gasteiger partial charge >= 0.3 is 12.4 Å². The SMILES string of the molecule is C[C@@H](COC[C@H](O)C(=O)N1CCN(c2ncc(C(F)(F)F)cn2)CC1)Oc1cn[nH]c(=O)c1C(F)(F)F. The molecule has 1 saturated heterocycles. The number of alkyl halides is 6. The second-order valence-corrected chi connectivity index (χ2v) is 8.00. The molecule has 2 atom stereocenters. The van der Waals surface area contributed by atoms with Crippen LogP contribution in [-0.4, -0.2) is 87.7 Å². The van der Waals surface area contributed by atoms with E-state index in [1.54, 1.807) is 10.00 Å². The summed E-state index contributed by atoms with van der Waals surface area (Å²) in [6.07, 6.45) is -10.1. The molecule has 3 rings (SSSR count). The van der Waals surface area contributed by atoms with Crippen LogP contribution in [0.3, 0.4) is 0 Å². The number of hydrogen-bond donors (Lipinski definition) is 2. The molecule has 0 saturated carbocycles. The van der Waals surface area contributed by atoms with Gasteiger partial charge in [-0.3, -0.25) is 9.59 Å². The molecule has 0 spiro atoms. The van der Waals surface area contributed by atoms with Crippen molar-refractivity contribution in [2.24, 2.45) is 0 Å². The Morgan fingerprint density at radius 3 is 2.24 bits per heavy atom. The number of nitrogens with zero attached hydrogens (tertiary/aromatic N) is 5. The molecule has 204 valence electrons. The number of halogens is 6. The third-order valence-electron chi connectivity index (χ3n) is 5.19. The lowest BCUT2D eigenvalue weighted by Crippen LogP contribution is -2.52. The number of nitrogens with one attached hydrogen (secondary N) is 1. The number of ether oxygens (including phenoxy) is 2. The van der Waals surface area contributed by atoms with Crippen LogP contribution < -0.4 is 15.2 Å². The van der Waals surface area contributed by atoms with Crippen LogP contribution in [0.15, 0.2) is 23.4 Å². The summed E-state index contributed by atoms with van der Waals surface area (Å²) in [4.78, 5) is 34.3. The lowest BCUT2D eigenvalue weighted by atomic mass is 10.2. The number of aromatic nitrogens is 4. The number of anilines is 1. The summed E-state index contributed by atoms with van der Waals surface area (Å²) < 4.78 is 87.5. The van der Waals surface area contributed by atoms with Gasteiger partial charge in [0, 0.05) is 38.6 Å². The molecule has 0 radical (unpaired) electrons. The Labute approximate surface area is 205 Å². The first kappa shape index (κ1) is 28.1. The fourth-order valence-corrected chi connectivity index (χ4v) is 3.38. The van der Waals surface area contributed by atoms with Gasteiger partial charge in [-0.1, -0.05) is 0 Å². The van der Waals surface area contributed by atoms with Gasteiger partial charge < -0.3 is 24.4 Å². The van der Waals surface area contributed by atoms with Crippen LogP contribution in [0.4, 0.5) is 32.3 Å². The molecular formula is C20H22F6N6O5. The first-order valence-corrected chi connectivity index (χ1v) is 10.8. The van der Waals surface area contributed by atoms with Gasteiger partial charge in [0.1, 0.15) is 6.10 Å². The van der Waals surface area contributed by atoms with Gasteiger partial charge in [0.15, 0.2) is 17.4 Å². The number of piperazine rings is 1. The van der Waals surface area contributed by atoms with E-state index >= 15 is 0 Å². The van der Waals surface area contributed by atoms with Crippen LogP contribution in [-0.2, 0) is 21.9 Å². The number of amides is 1. The van der Waals surface area contributed by atoms with Crippen LogP contribution in [0, 0.1) is 0 Å². The molecular weight excluding hydrogens is 518 g/mol. The highest BCUT2D eigenvalue weighted by Gasteiger charge is 2.38. The Bertz CT molecular complexity index is 1120. The largest absolute Gasteiger partial charge is 0.486 e. The van der Waals surface area contributed by atoms with E-state index < -0.39 is 59.5 Å². The van der Waals surface area contributed by atoms with Gasteiger partial charge in [0.2, 0.25) is 5.95 Å². The second-order valence-electron chi connectivity index (χ2n) is 8.00. The lowest BCUT2D eigenvalue weighted by Gasteiger charge is -2.35. The van der Waals surface area contributed by atoms with E-state index in [0.717, 1.165) is 0 Å². The summed E-state index contributed by atoms with van der Waals surface area (Å²) in [5, 5.41) is 15.1. The van der Waals surface area contributed by atoms with Crippen molar-refractivity contribution in [3.8, 4) is 5.75 Å². The molecule has 1 aliphatic heterocycles. The van der Waals surface area contributed by atoms with Crippen LogP contribution in [0.25, 0.3) is 0 Å². The number of carbonyl (C=O) groups is 1. The van der Waals surface area contributed by atoms with Gasteiger partial charge in [0.05, 0.1) is 25.0 Å². The molecule has 2 aromatic rings. The molecule has 2 N–H and O–H groups in total. The zero-order valence-corrected chi connectivity index (χ0v) is 19.2. The molecule has 2 aromatic heterocycles. The summed E-state index contributed by atoms with van der Waals surface area (Å²) in [5.41, 5.74) is -4.00. The maximum atomic E-state index is 13.1. The molecule has 37 heavy (non-hydrogen) atoms. The van der Waals surface area contributed by atoms with Crippen LogP contribution >= 0.6 is 0 Å². The van der Waals surface area contributed by atoms with E-state index in [1.165, 1.54) is 11.8 Å². The Balaban J connectivity index is 1.44. The molecule has 0 aliphatic carbocycles. The summed E-state index contributed by atoms with van der Waals surface area (Å²) in [6, 6.07) is 0. The number of aliphatic hydroxyl groups excluding tert-OH is 1. The Kier molecular flexibility index (Phi) is 8.57. The zero-order chi connectivity index (χ0) is 27.4. The average Bonchev–Trinajstić information content (AvgIpc) is 2.82. The van der Waals surface area contributed by atoms with Crippen molar-refractivity contribution >= 4 is 11.9 Å². The molecule has 1 aliphatic rings. The number of aromatic amines is 1. The minimum atomic E-state index is -4.97. The summed E-state index contributed by atoms with van der Waals surface area (Å²) in [5.74, 6) is -1.39. The first-order valence-electron chi connectivity index (χ1n) is 10.8. The number of H-pyrrole nitrogens is 1. The third kappa shape index (κ3) is 7.28. The zero-order valence-electron chi connectivity index (χ0n) is 19.2. The van der Waals surface area contributed by atoms with Gasteiger partial charge in [-0.15, -0.1) is 0 Å². The molecule has 0 unspecified atom stereocenters. The average molecular weight is 540 g/mol. The van der Waals surface area contributed by atoms with Crippen molar-refractivity contribution in [3.63, 3.8) is 0 Å². The normalized spacial score (nSPS) is 16.4. The van der Waals surface area contributed by atoms with Crippen molar-refractivity contribution in [2.75, 3.05) is 44.3 Å². The lowest BCUT2D eigenvalue weighted by molar-refractivity contribution is -0.145. The second kappa shape index (κ2) is 11.3. The van der Waals surface area contributed by atoms with Crippen LogP contribution in [0.1, 0.15) is 18.1 Å². The third-order valence-corrected chi connectivity index (χ3v) is 5.19. The van der Waals surface area contributed by atoms with Crippen molar-refractivity contribution in [3.05, 3.63) is 40.1 Å². The highest BCUT2D eigenvalue weighted by Crippen LogP contribution is 2.33. The number of hydrogen-bond acceptors (Lipinski definition) is 9. The van der Waals surface area contributed by atoms with E-state index in [0.29, 0.717) is 18.6 Å². The van der Waals surface area contributed by atoms with Crippen molar-refractivity contribution in [1.82, 2.24) is 25.1 Å². The molecule has 0 aromatic carbocycles. The van der Waals surface area contributed by atoms with Gasteiger partial charge in [-0.25, -0.2) is 15.1 Å². The minimum Gasteiger partial charge on any atom is -0.486 e. The molecule has 0 bridgehead atoms. The van der Waals surface area contributed by atoms with E-state index in [1.807, 2.05) is 0 Å². The summed E-state index contributed by atoms with van der Waals surface area (Å²) in [6.45, 7) is 1.26. The van der Waals surface area contributed by atoms with Gasteiger partial charge in [0.25, 0.3) is 11.5 Å². The monoisotopic (exact) mass is 540 g/mol. The van der Waals surface area contributed by atoms with Crippen molar-refractivity contribution < 1.29 is 45.7 Å². The van der Waals surface area contributed by atoms with E-state index in [2.05, 4.69) is 15.1 Å². The fourth-order valence-electron chi connectivity index (χ4n) is 3.38. The predicted octanol–water partition coefficient (Wildman–Crippen LogP) is 1.09. The van der Waals surface area contributed by atoms with Gasteiger partial charge in [-0.2, -0.15) is 31.4 Å². The van der Waals surface area contributed by atoms with E-state index in [-0.39, 0.29) is 38.7 Å². The summed E-state index contributed by atoms with van der Waals surface area (Å²) >= 11 is 0. The van der Waals surface area contributed by atoms with Crippen LogP contribution in [0.5, 0.6) is 5.75 Å². The molecule has 3 heterocycles. The van der Waals surface area contributed by atoms with Crippen molar-refractivity contribution in [2.45, 2.75) is 31.5 Å². The molecule has 1 amide bonds. The molecule has 17 heteroatoms. The standard InChI is InChI=1S/C20H22F6N6O5/c1-11(37-14-8-29-30-16(34)15(14)20(24,25)26)9-36-10-13(33)17(35)31-2-4-32(5-3-31)18-27-6-12(7-28-18)19(21,22)23/h6-8,11,13,33H,2-5,9-10H2,1H3,(H,30,34)/t11-,13-/m0/s1. The maximum absolute atomic E-state index is 13.1. The Morgan fingerprint density at radius 2 is 1.68 bits per heavy atom. The first-order chi connectivity index (χ1) is 17.3. The number of carbonyl (C=O) groups excluding carboxylic acids is 1. The fraction of sp³-hybridized carbons (Fsp3) is 0.550. The molecule has 1 fully saturated rings. The summed E-state index contributed by atoms with van der Waals surface area (Å²) in [7, 11) is 0. The van der Waals surface area contributed by atoms with Crippen molar-refractivity contribution in [1.29, 1.82) is 0 Å². The Morgan fingerprint density at radius 1 is 1.05 bits per heavy atom. The van der Waals surface area contributed by atoms with E-state index in [4.69, 9.17) is 9.47 Å². The minimum absolute atomic E-state index is 0.0715. The van der Waals surface area contributed by atoms with Gasteiger partial charge in [-0.05, 0) is 6.92 Å². The highest BCUT2D eigenvalue weighted by molar-refractivity contribution is 5.81. The number of aliphatic hydroxyl groups is 1. The Hall–Kier alpha value is -3.47. The smallest absolute Gasteiger partial charge is 0.425 e. The molecule has 11 nitrogen and oxygen atoms in total. The van der Waals surface area contributed by atoms with Crippen LogP contribution in [0.2, 0.25) is 0 Å². The highest BCUT2D eigenvalue weighted by atomic mass is 19.4. The predicted molar refractivity (Wildman–Crippen MR) is 113 cm³/mol. The maximum Gasteiger partial charge on any atom is 0.425 e. The van der Waals surface area contributed by atoms with E-state index in [9.17, 15) is 41.0 Å².